The number of rotatable bonds is 8. The van der Waals surface area contributed by atoms with E-state index in [9.17, 15) is 0 Å². The summed E-state index contributed by atoms with van der Waals surface area (Å²) in [7, 11) is 0. The molecular formula is C25H27N4+. The Hall–Kier alpha value is -3.32. The first-order chi connectivity index (χ1) is 14.3. The Morgan fingerprint density at radius 2 is 1.83 bits per heavy atom. The van der Waals surface area contributed by atoms with Crippen LogP contribution >= 0.6 is 0 Å². The van der Waals surface area contributed by atoms with E-state index in [-0.39, 0.29) is 0 Å². The second-order valence-corrected chi connectivity index (χ2v) is 7.52. The van der Waals surface area contributed by atoms with E-state index in [1.54, 1.807) is 0 Å². The van der Waals surface area contributed by atoms with Crippen LogP contribution in [0.3, 0.4) is 0 Å². The van der Waals surface area contributed by atoms with Crippen molar-refractivity contribution in [2.24, 2.45) is 0 Å². The van der Waals surface area contributed by atoms with Crippen LogP contribution in [-0.2, 0) is 0 Å². The van der Waals surface area contributed by atoms with Crippen LogP contribution in [0.5, 0.6) is 0 Å². The Labute approximate surface area is 172 Å². The average Bonchev–Trinajstić information content (AvgIpc) is 3.10. The van der Waals surface area contributed by atoms with Crippen LogP contribution in [0.1, 0.15) is 31.2 Å². The number of pyridine rings is 1. The summed E-state index contributed by atoms with van der Waals surface area (Å²) in [5.74, 6) is 1.06. The highest BCUT2D eigenvalue weighted by atomic mass is 15.1. The maximum Gasteiger partial charge on any atom is 0.263 e. The summed E-state index contributed by atoms with van der Waals surface area (Å²) in [5.41, 5.74) is 4.36. The molecule has 4 heteroatoms. The standard InChI is InChI=1S/C25H27N4/c1-19-14-17-29-23(18-19)28-24(25(29)27-16-8-4-3-7-15-26-2)22-13-9-11-20-10-5-6-12-21(20)22/h2,5-6,9-14,17-18,27H,3-4,7-8,15-16H2,1H3/q+1. The number of hydrogen-bond acceptors (Lipinski definition) is 2. The highest BCUT2D eigenvalue weighted by molar-refractivity contribution is 5.98. The lowest BCUT2D eigenvalue weighted by molar-refractivity contribution is 0.677. The summed E-state index contributed by atoms with van der Waals surface area (Å²) in [6, 6.07) is 19.2. The van der Waals surface area contributed by atoms with Crippen molar-refractivity contribution in [3.05, 3.63) is 71.2 Å². The van der Waals surface area contributed by atoms with Gasteiger partial charge in [0, 0.05) is 24.7 Å². The van der Waals surface area contributed by atoms with Crippen molar-refractivity contribution in [3.8, 4) is 17.8 Å². The van der Waals surface area contributed by atoms with Gasteiger partial charge in [0.1, 0.15) is 17.2 Å². The van der Waals surface area contributed by atoms with Crippen LogP contribution in [0.15, 0.2) is 60.8 Å². The molecule has 0 atom stereocenters. The first-order valence-electron chi connectivity index (χ1n) is 10.4. The van der Waals surface area contributed by atoms with Crippen molar-refractivity contribution in [1.82, 2.24) is 9.38 Å². The predicted octanol–water partition coefficient (Wildman–Crippen LogP) is 6.40. The van der Waals surface area contributed by atoms with Gasteiger partial charge >= 0.3 is 0 Å². The fourth-order valence-corrected chi connectivity index (χ4v) is 3.82. The minimum absolute atomic E-state index is 0.755. The number of aromatic nitrogens is 2. The van der Waals surface area contributed by atoms with Gasteiger partial charge in [0.15, 0.2) is 0 Å². The van der Waals surface area contributed by atoms with Gasteiger partial charge in [-0.15, -0.1) is 0 Å². The lowest BCUT2D eigenvalue weighted by Gasteiger charge is -2.10. The quantitative estimate of drug-likeness (QED) is 0.357. The Morgan fingerprint density at radius 3 is 2.72 bits per heavy atom. The maximum atomic E-state index is 5.21. The van der Waals surface area contributed by atoms with Gasteiger partial charge in [0.2, 0.25) is 0 Å². The molecule has 2 aromatic carbocycles. The third-order valence-electron chi connectivity index (χ3n) is 5.33. The van der Waals surface area contributed by atoms with Gasteiger partial charge in [-0.2, -0.15) is 0 Å². The highest BCUT2D eigenvalue weighted by Gasteiger charge is 2.16. The molecule has 0 unspecified atom stereocenters. The summed E-state index contributed by atoms with van der Waals surface area (Å²) in [5, 5.41) is 6.12. The van der Waals surface area contributed by atoms with E-state index < -0.39 is 0 Å². The van der Waals surface area contributed by atoms with Crippen LogP contribution in [0.25, 0.3) is 32.5 Å². The number of anilines is 1. The number of unbranched alkanes of at least 4 members (excludes halogenated alkanes) is 3. The van der Waals surface area contributed by atoms with Gasteiger partial charge in [-0.05, 0) is 48.2 Å². The van der Waals surface area contributed by atoms with Crippen molar-refractivity contribution in [2.45, 2.75) is 32.6 Å². The van der Waals surface area contributed by atoms with E-state index in [1.165, 1.54) is 22.8 Å². The Morgan fingerprint density at radius 1 is 1.00 bits per heavy atom. The molecule has 0 aliphatic rings. The maximum absolute atomic E-state index is 5.21. The number of hydrogen-bond donors (Lipinski definition) is 1. The summed E-state index contributed by atoms with van der Waals surface area (Å²) in [6.45, 7) is 8.99. The Kier molecular flexibility index (Phi) is 5.76. The van der Waals surface area contributed by atoms with Crippen molar-refractivity contribution >= 4 is 22.2 Å². The van der Waals surface area contributed by atoms with Crippen molar-refractivity contribution in [3.63, 3.8) is 0 Å². The predicted molar refractivity (Wildman–Crippen MR) is 123 cm³/mol. The molecule has 0 aliphatic heterocycles. The molecule has 0 radical (unpaired) electrons. The monoisotopic (exact) mass is 383 g/mol. The lowest BCUT2D eigenvalue weighted by Crippen LogP contribution is -2.05. The van der Waals surface area contributed by atoms with Gasteiger partial charge in [-0.3, -0.25) is 4.40 Å². The molecule has 1 N–H and O–H groups in total. The number of nitrogens with zero attached hydrogens (tertiary/aromatic N) is 3. The van der Waals surface area contributed by atoms with Crippen LogP contribution in [0.2, 0.25) is 0 Å². The second kappa shape index (κ2) is 8.79. The number of fused-ring (bicyclic) bond motifs is 2. The van der Waals surface area contributed by atoms with Crippen LogP contribution in [0, 0.1) is 13.5 Å². The molecule has 0 aliphatic carbocycles. The van der Waals surface area contributed by atoms with Crippen LogP contribution in [0.4, 0.5) is 5.82 Å². The van der Waals surface area contributed by atoms with Crippen molar-refractivity contribution in [1.29, 1.82) is 0 Å². The van der Waals surface area contributed by atoms with Gasteiger partial charge in [-0.25, -0.2) is 4.98 Å². The van der Waals surface area contributed by atoms with Gasteiger partial charge in [0.25, 0.3) is 13.1 Å². The summed E-state index contributed by atoms with van der Waals surface area (Å²) in [6.07, 6.45) is 6.61. The second-order valence-electron chi connectivity index (χ2n) is 7.52. The van der Waals surface area contributed by atoms with Crippen molar-refractivity contribution in [2.75, 3.05) is 18.4 Å². The molecule has 0 saturated heterocycles. The number of imidazole rings is 1. The van der Waals surface area contributed by atoms with Gasteiger partial charge < -0.3 is 5.32 Å². The molecule has 29 heavy (non-hydrogen) atoms. The largest absolute Gasteiger partial charge is 0.369 e. The van der Waals surface area contributed by atoms with Gasteiger partial charge in [0.05, 0.1) is 0 Å². The minimum atomic E-state index is 0.755. The molecule has 146 valence electrons. The third-order valence-corrected chi connectivity index (χ3v) is 5.33. The fraction of sp³-hybridized carbons (Fsp3) is 0.280. The van der Waals surface area contributed by atoms with E-state index in [2.05, 4.69) is 82.3 Å². The molecule has 0 saturated carbocycles. The fourth-order valence-electron chi connectivity index (χ4n) is 3.82. The normalized spacial score (nSPS) is 11.0. The zero-order valence-electron chi connectivity index (χ0n) is 16.9. The Bertz CT molecular complexity index is 1160. The first kappa shape index (κ1) is 19.0. The molecule has 0 spiro atoms. The molecule has 4 nitrogen and oxygen atoms in total. The highest BCUT2D eigenvalue weighted by Crippen LogP contribution is 2.34. The average molecular weight is 384 g/mol. The summed E-state index contributed by atoms with van der Waals surface area (Å²) >= 11 is 0. The molecular weight excluding hydrogens is 356 g/mol. The Balaban J connectivity index is 1.66. The van der Waals surface area contributed by atoms with E-state index >= 15 is 0 Å². The molecule has 2 aromatic heterocycles. The topological polar surface area (TPSA) is 33.7 Å². The molecule has 0 bridgehead atoms. The SMILES string of the molecule is C#[N+]CCCCCCNc1c(-c2cccc3ccccc23)nc2cc(C)ccn12. The number of benzene rings is 2. The smallest absolute Gasteiger partial charge is 0.263 e. The molecule has 2 heterocycles. The van der Waals surface area contributed by atoms with Crippen molar-refractivity contribution < 1.29 is 0 Å². The number of aryl methyl sites for hydroxylation is 1. The number of nitrogens with one attached hydrogen (secondary N) is 1. The lowest BCUT2D eigenvalue weighted by atomic mass is 10.0. The van der Waals surface area contributed by atoms with Crippen LogP contribution < -0.4 is 5.32 Å². The van der Waals surface area contributed by atoms with E-state index in [0.717, 1.165) is 55.1 Å². The zero-order chi connectivity index (χ0) is 20.1. The molecule has 4 rings (SSSR count). The van der Waals surface area contributed by atoms with Crippen LogP contribution in [-0.4, -0.2) is 22.5 Å². The summed E-state index contributed by atoms with van der Waals surface area (Å²) < 4.78 is 2.16. The van der Waals surface area contributed by atoms with E-state index in [1.807, 2.05) is 0 Å². The molecule has 0 amide bonds. The zero-order valence-corrected chi connectivity index (χ0v) is 16.9. The summed E-state index contributed by atoms with van der Waals surface area (Å²) in [4.78, 5) is 8.69. The third kappa shape index (κ3) is 4.09. The molecule has 4 aromatic rings. The first-order valence-corrected chi connectivity index (χ1v) is 10.4. The minimum Gasteiger partial charge on any atom is -0.369 e. The molecule has 0 fully saturated rings. The van der Waals surface area contributed by atoms with Gasteiger partial charge in [-0.1, -0.05) is 53.7 Å². The van der Waals surface area contributed by atoms with E-state index in [0.29, 0.717) is 0 Å². The van der Waals surface area contributed by atoms with E-state index in [4.69, 9.17) is 11.6 Å².